The number of aromatic nitrogens is 1. The lowest BCUT2D eigenvalue weighted by molar-refractivity contribution is -0.120. The van der Waals surface area contributed by atoms with Crippen LogP contribution >= 0.6 is 11.6 Å². The third-order valence-electron chi connectivity index (χ3n) is 3.48. The molecule has 22 heavy (non-hydrogen) atoms. The molecule has 0 saturated heterocycles. The minimum atomic E-state index is 0.0213. The third kappa shape index (κ3) is 4.46. The van der Waals surface area contributed by atoms with Crippen molar-refractivity contribution in [3.05, 3.63) is 47.6 Å². The van der Waals surface area contributed by atoms with Gasteiger partial charge in [-0.1, -0.05) is 31.5 Å². The molecule has 1 aromatic carbocycles. The first-order chi connectivity index (χ1) is 10.6. The number of benzene rings is 1. The second kappa shape index (κ2) is 7.80. The van der Waals surface area contributed by atoms with E-state index in [1.165, 1.54) is 0 Å². The topological polar surface area (TPSA) is 54.0 Å². The summed E-state index contributed by atoms with van der Waals surface area (Å²) in [6.45, 7) is 4.03. The predicted octanol–water partition coefficient (Wildman–Crippen LogP) is 4.85. The van der Waals surface area contributed by atoms with E-state index in [4.69, 9.17) is 11.6 Å². The summed E-state index contributed by atoms with van der Waals surface area (Å²) in [6, 6.07) is 11.1. The van der Waals surface area contributed by atoms with Gasteiger partial charge in [0.15, 0.2) is 0 Å². The normalized spacial score (nSPS) is 10.5. The van der Waals surface area contributed by atoms with Crippen LogP contribution in [0.25, 0.3) is 0 Å². The Kier molecular flexibility index (Phi) is 5.78. The van der Waals surface area contributed by atoms with E-state index in [9.17, 15) is 4.79 Å². The van der Waals surface area contributed by atoms with Crippen molar-refractivity contribution in [3.63, 3.8) is 0 Å². The van der Waals surface area contributed by atoms with Gasteiger partial charge in [-0.2, -0.15) is 0 Å². The van der Waals surface area contributed by atoms with Crippen LogP contribution in [0.4, 0.5) is 17.2 Å². The summed E-state index contributed by atoms with van der Waals surface area (Å²) < 4.78 is 0. The summed E-state index contributed by atoms with van der Waals surface area (Å²) in [5.74, 6) is 0.618. The lowest BCUT2D eigenvalue weighted by Gasteiger charge is -2.12. The highest BCUT2D eigenvalue weighted by Gasteiger charge is 2.14. The van der Waals surface area contributed by atoms with Crippen molar-refractivity contribution >= 4 is 34.7 Å². The Bertz CT molecular complexity index is 624. The molecule has 2 rings (SSSR count). The lowest BCUT2D eigenvalue weighted by atomic mass is 10.0. The molecule has 4 nitrogen and oxygen atoms in total. The molecule has 0 spiro atoms. The molecular formula is C17H20ClN3O. The molecule has 1 heterocycles. The quantitative estimate of drug-likeness (QED) is 0.800. The SMILES string of the molecule is CCC(CC)C(=O)Nc1ccc(Nc2cccc(Cl)c2)cn1. The van der Waals surface area contributed by atoms with Gasteiger partial charge in [0, 0.05) is 16.6 Å². The molecule has 1 amide bonds. The van der Waals surface area contributed by atoms with Crippen LogP contribution in [0.1, 0.15) is 26.7 Å². The maximum absolute atomic E-state index is 12.0. The second-order valence-electron chi connectivity index (χ2n) is 5.07. The van der Waals surface area contributed by atoms with Gasteiger partial charge in [0.2, 0.25) is 5.91 Å². The number of hydrogen-bond acceptors (Lipinski definition) is 3. The van der Waals surface area contributed by atoms with E-state index in [0.717, 1.165) is 24.2 Å². The first-order valence-corrected chi connectivity index (χ1v) is 7.79. The molecule has 0 fully saturated rings. The molecule has 0 aliphatic rings. The number of pyridine rings is 1. The van der Waals surface area contributed by atoms with E-state index in [-0.39, 0.29) is 11.8 Å². The molecule has 0 radical (unpaired) electrons. The van der Waals surface area contributed by atoms with Crippen LogP contribution in [0.2, 0.25) is 5.02 Å². The van der Waals surface area contributed by atoms with E-state index >= 15 is 0 Å². The lowest BCUT2D eigenvalue weighted by Crippen LogP contribution is -2.22. The zero-order chi connectivity index (χ0) is 15.9. The van der Waals surface area contributed by atoms with Crippen molar-refractivity contribution in [1.29, 1.82) is 0 Å². The molecule has 0 unspecified atom stereocenters. The van der Waals surface area contributed by atoms with Crippen molar-refractivity contribution < 1.29 is 4.79 Å². The molecule has 0 aliphatic carbocycles. The standard InChI is InChI=1S/C17H20ClN3O/c1-3-12(4-2)17(22)21-16-9-8-15(11-19-16)20-14-7-5-6-13(18)10-14/h5-12,20H,3-4H2,1-2H3,(H,19,21,22). The van der Waals surface area contributed by atoms with E-state index in [1.54, 1.807) is 12.3 Å². The van der Waals surface area contributed by atoms with Gasteiger partial charge in [0.05, 0.1) is 11.9 Å². The highest BCUT2D eigenvalue weighted by atomic mass is 35.5. The molecular weight excluding hydrogens is 298 g/mol. The number of halogens is 1. The molecule has 5 heteroatoms. The van der Waals surface area contributed by atoms with E-state index in [2.05, 4.69) is 15.6 Å². The molecule has 0 aliphatic heterocycles. The van der Waals surface area contributed by atoms with Crippen LogP contribution in [0.15, 0.2) is 42.6 Å². The van der Waals surface area contributed by atoms with Gasteiger partial charge in [-0.05, 0) is 43.2 Å². The zero-order valence-electron chi connectivity index (χ0n) is 12.8. The van der Waals surface area contributed by atoms with Crippen LogP contribution in [0.5, 0.6) is 0 Å². The Balaban J connectivity index is 2.00. The predicted molar refractivity (Wildman–Crippen MR) is 91.7 cm³/mol. The van der Waals surface area contributed by atoms with Gasteiger partial charge in [-0.15, -0.1) is 0 Å². The molecule has 0 saturated carbocycles. The summed E-state index contributed by atoms with van der Waals surface area (Å²) in [4.78, 5) is 16.3. The fourth-order valence-corrected chi connectivity index (χ4v) is 2.35. The number of nitrogens with zero attached hydrogens (tertiary/aromatic N) is 1. The summed E-state index contributed by atoms with van der Waals surface area (Å²) in [7, 11) is 0. The second-order valence-corrected chi connectivity index (χ2v) is 5.51. The van der Waals surface area contributed by atoms with Gasteiger partial charge in [-0.3, -0.25) is 4.79 Å². The molecule has 1 aromatic heterocycles. The minimum Gasteiger partial charge on any atom is -0.354 e. The van der Waals surface area contributed by atoms with Crippen molar-refractivity contribution in [2.45, 2.75) is 26.7 Å². The first-order valence-electron chi connectivity index (χ1n) is 7.42. The van der Waals surface area contributed by atoms with Crippen LogP contribution in [-0.2, 0) is 4.79 Å². The van der Waals surface area contributed by atoms with Crippen LogP contribution < -0.4 is 10.6 Å². The summed E-state index contributed by atoms with van der Waals surface area (Å²) in [5, 5.41) is 6.73. The average Bonchev–Trinajstić information content (AvgIpc) is 2.50. The minimum absolute atomic E-state index is 0.0213. The molecule has 2 N–H and O–H groups in total. The summed E-state index contributed by atoms with van der Waals surface area (Å²) in [6.07, 6.45) is 3.34. The Morgan fingerprint density at radius 3 is 2.55 bits per heavy atom. The maximum atomic E-state index is 12.0. The Morgan fingerprint density at radius 1 is 1.18 bits per heavy atom. The first kappa shape index (κ1) is 16.3. The third-order valence-corrected chi connectivity index (χ3v) is 3.72. The van der Waals surface area contributed by atoms with Crippen molar-refractivity contribution in [2.75, 3.05) is 10.6 Å². The fraction of sp³-hybridized carbons (Fsp3) is 0.294. The fourth-order valence-electron chi connectivity index (χ4n) is 2.16. The summed E-state index contributed by atoms with van der Waals surface area (Å²) >= 11 is 5.95. The largest absolute Gasteiger partial charge is 0.354 e. The molecule has 0 atom stereocenters. The average molecular weight is 318 g/mol. The van der Waals surface area contributed by atoms with E-state index in [0.29, 0.717) is 10.8 Å². The van der Waals surface area contributed by atoms with E-state index in [1.807, 2.05) is 44.2 Å². The van der Waals surface area contributed by atoms with Gasteiger partial charge in [-0.25, -0.2) is 4.98 Å². The van der Waals surface area contributed by atoms with E-state index < -0.39 is 0 Å². The van der Waals surface area contributed by atoms with Gasteiger partial charge >= 0.3 is 0 Å². The smallest absolute Gasteiger partial charge is 0.228 e. The number of amides is 1. The monoisotopic (exact) mass is 317 g/mol. The van der Waals surface area contributed by atoms with Gasteiger partial charge in [0.25, 0.3) is 0 Å². The summed E-state index contributed by atoms with van der Waals surface area (Å²) in [5.41, 5.74) is 1.73. The number of nitrogens with one attached hydrogen (secondary N) is 2. The number of anilines is 3. The molecule has 116 valence electrons. The van der Waals surface area contributed by atoms with Crippen molar-refractivity contribution in [3.8, 4) is 0 Å². The van der Waals surface area contributed by atoms with Crippen molar-refractivity contribution in [1.82, 2.24) is 4.98 Å². The highest BCUT2D eigenvalue weighted by molar-refractivity contribution is 6.30. The zero-order valence-corrected chi connectivity index (χ0v) is 13.5. The number of hydrogen-bond donors (Lipinski definition) is 2. The number of carbonyl (C=O) groups is 1. The van der Waals surface area contributed by atoms with Crippen LogP contribution in [-0.4, -0.2) is 10.9 Å². The van der Waals surface area contributed by atoms with Crippen molar-refractivity contribution in [2.24, 2.45) is 5.92 Å². The molecule has 0 bridgehead atoms. The van der Waals surface area contributed by atoms with Gasteiger partial charge < -0.3 is 10.6 Å². The number of carbonyl (C=O) groups excluding carboxylic acids is 1. The molecule has 2 aromatic rings. The maximum Gasteiger partial charge on any atom is 0.228 e. The van der Waals surface area contributed by atoms with Gasteiger partial charge in [0.1, 0.15) is 5.82 Å². The highest BCUT2D eigenvalue weighted by Crippen LogP contribution is 2.20. The van der Waals surface area contributed by atoms with Crippen LogP contribution in [0.3, 0.4) is 0 Å². The Labute approximate surface area is 135 Å². The van der Waals surface area contributed by atoms with Crippen LogP contribution in [0, 0.1) is 5.92 Å². The Hall–Kier alpha value is -2.07. The Morgan fingerprint density at radius 2 is 1.95 bits per heavy atom. The number of rotatable bonds is 6.